The first kappa shape index (κ1) is 21.9. The van der Waals surface area contributed by atoms with Gasteiger partial charge in [-0.3, -0.25) is 5.10 Å². The standard InChI is InChI=1S/C24H24N4O5/c1-5-32-17-9-6-13(10-19(17)31-4)22-21-20(15-8-7-14(29-2)11-18(15)30-3)16(12-25)23(26)33-24(21)28-27-22/h6-11,20H,5,26H2,1-4H3,(H,27,28)/t20-/m1/s1. The van der Waals surface area contributed by atoms with Gasteiger partial charge in [-0.15, -0.1) is 5.10 Å². The third kappa shape index (κ3) is 3.76. The van der Waals surface area contributed by atoms with E-state index in [-0.39, 0.29) is 17.3 Å². The maximum Gasteiger partial charge on any atom is 0.244 e. The highest BCUT2D eigenvalue weighted by Crippen LogP contribution is 2.49. The lowest BCUT2D eigenvalue weighted by Gasteiger charge is -2.25. The number of benzene rings is 2. The number of ether oxygens (including phenoxy) is 5. The number of hydrogen-bond donors (Lipinski definition) is 2. The highest BCUT2D eigenvalue weighted by molar-refractivity contribution is 5.73. The number of aromatic nitrogens is 2. The molecular weight excluding hydrogens is 424 g/mol. The van der Waals surface area contributed by atoms with Crippen molar-refractivity contribution in [3.8, 4) is 46.2 Å². The molecular formula is C24H24N4O5. The van der Waals surface area contributed by atoms with Gasteiger partial charge in [0, 0.05) is 17.2 Å². The topological polar surface area (TPSA) is 125 Å². The van der Waals surface area contributed by atoms with Crippen LogP contribution in [0.2, 0.25) is 0 Å². The Kier molecular flexibility index (Phi) is 6.00. The smallest absolute Gasteiger partial charge is 0.244 e. The second-order valence-corrected chi connectivity index (χ2v) is 7.15. The fourth-order valence-electron chi connectivity index (χ4n) is 3.93. The van der Waals surface area contributed by atoms with Crippen LogP contribution in [0.1, 0.15) is 24.0 Å². The molecule has 0 radical (unpaired) electrons. The SMILES string of the molecule is CCOc1ccc(-c2[nH]nc3c2[C@H](c2ccc(OC)cc2OC)C(C#N)=C(N)O3)cc1OC. The van der Waals surface area contributed by atoms with Crippen LogP contribution < -0.4 is 29.4 Å². The number of nitrogens with one attached hydrogen (secondary N) is 1. The number of hydrogen-bond acceptors (Lipinski definition) is 8. The molecule has 0 fully saturated rings. The molecule has 0 aliphatic carbocycles. The highest BCUT2D eigenvalue weighted by Gasteiger charge is 2.37. The number of allylic oxidation sites excluding steroid dienone is 1. The molecule has 9 nitrogen and oxygen atoms in total. The first-order valence-electron chi connectivity index (χ1n) is 10.2. The van der Waals surface area contributed by atoms with Gasteiger partial charge in [0.1, 0.15) is 23.1 Å². The van der Waals surface area contributed by atoms with E-state index in [4.69, 9.17) is 29.4 Å². The lowest BCUT2D eigenvalue weighted by atomic mass is 9.82. The molecule has 1 aliphatic rings. The van der Waals surface area contributed by atoms with Crippen molar-refractivity contribution in [2.45, 2.75) is 12.8 Å². The summed E-state index contributed by atoms with van der Waals surface area (Å²) in [7, 11) is 4.72. The Labute approximate surface area is 191 Å². The van der Waals surface area contributed by atoms with Crippen molar-refractivity contribution in [3.63, 3.8) is 0 Å². The minimum Gasteiger partial charge on any atom is -0.497 e. The summed E-state index contributed by atoms with van der Waals surface area (Å²) in [4.78, 5) is 0. The van der Waals surface area contributed by atoms with Crippen LogP contribution in [-0.4, -0.2) is 38.1 Å². The van der Waals surface area contributed by atoms with Crippen LogP contribution in [-0.2, 0) is 0 Å². The summed E-state index contributed by atoms with van der Waals surface area (Å²) >= 11 is 0. The van der Waals surface area contributed by atoms with Crippen molar-refractivity contribution >= 4 is 0 Å². The van der Waals surface area contributed by atoms with Crippen LogP contribution in [0.5, 0.6) is 28.9 Å². The number of nitriles is 1. The van der Waals surface area contributed by atoms with Crippen LogP contribution in [0, 0.1) is 11.3 Å². The first-order valence-corrected chi connectivity index (χ1v) is 10.2. The monoisotopic (exact) mass is 448 g/mol. The molecule has 0 unspecified atom stereocenters. The second-order valence-electron chi connectivity index (χ2n) is 7.15. The summed E-state index contributed by atoms with van der Waals surface area (Å²) in [5.74, 6) is 2.08. The fraction of sp³-hybridized carbons (Fsp3) is 0.250. The van der Waals surface area contributed by atoms with Gasteiger partial charge in [0.15, 0.2) is 11.5 Å². The number of fused-ring (bicyclic) bond motifs is 1. The van der Waals surface area contributed by atoms with Gasteiger partial charge in [-0.05, 0) is 31.2 Å². The molecule has 0 spiro atoms. The number of aromatic amines is 1. The zero-order chi connectivity index (χ0) is 23.5. The normalized spacial score (nSPS) is 14.7. The molecule has 1 atom stereocenters. The molecule has 170 valence electrons. The van der Waals surface area contributed by atoms with Crippen molar-refractivity contribution in [3.05, 3.63) is 59.0 Å². The Balaban J connectivity index is 1.92. The molecule has 1 aliphatic heterocycles. The minimum absolute atomic E-state index is 0.00445. The van der Waals surface area contributed by atoms with E-state index in [1.165, 1.54) is 0 Å². The van der Waals surface area contributed by atoms with Crippen LogP contribution >= 0.6 is 0 Å². The summed E-state index contributed by atoms with van der Waals surface area (Å²) in [6, 6.07) is 13.2. The number of nitrogens with two attached hydrogens (primary N) is 1. The summed E-state index contributed by atoms with van der Waals surface area (Å²) in [6.07, 6.45) is 0. The van der Waals surface area contributed by atoms with E-state index in [0.29, 0.717) is 40.9 Å². The van der Waals surface area contributed by atoms with Crippen LogP contribution in [0.3, 0.4) is 0 Å². The third-order valence-electron chi connectivity index (χ3n) is 5.44. The minimum atomic E-state index is -0.578. The summed E-state index contributed by atoms with van der Waals surface area (Å²) < 4.78 is 27.8. The molecule has 3 aromatic rings. The number of rotatable bonds is 7. The van der Waals surface area contributed by atoms with Gasteiger partial charge in [0.05, 0.1) is 45.1 Å². The van der Waals surface area contributed by atoms with Crippen molar-refractivity contribution in [2.75, 3.05) is 27.9 Å². The lowest BCUT2D eigenvalue weighted by Crippen LogP contribution is -2.21. The van der Waals surface area contributed by atoms with E-state index < -0.39 is 5.92 Å². The Hall–Kier alpha value is -4.32. The molecule has 2 heterocycles. The van der Waals surface area contributed by atoms with Gasteiger partial charge in [-0.25, -0.2) is 0 Å². The Morgan fingerprint density at radius 3 is 2.52 bits per heavy atom. The van der Waals surface area contributed by atoms with Crippen LogP contribution in [0.4, 0.5) is 0 Å². The van der Waals surface area contributed by atoms with Crippen molar-refractivity contribution in [2.24, 2.45) is 5.73 Å². The Morgan fingerprint density at radius 1 is 1.06 bits per heavy atom. The molecule has 0 saturated heterocycles. The average Bonchev–Trinajstić information content (AvgIpc) is 3.26. The molecule has 0 amide bonds. The predicted molar refractivity (Wildman–Crippen MR) is 121 cm³/mol. The van der Waals surface area contributed by atoms with Crippen LogP contribution in [0.15, 0.2) is 47.9 Å². The molecule has 9 heteroatoms. The molecule has 2 aromatic carbocycles. The number of methoxy groups -OCH3 is 3. The van der Waals surface area contributed by atoms with E-state index in [0.717, 1.165) is 11.1 Å². The van der Waals surface area contributed by atoms with Crippen molar-refractivity contribution < 1.29 is 23.7 Å². The Morgan fingerprint density at radius 2 is 1.85 bits per heavy atom. The van der Waals surface area contributed by atoms with Crippen molar-refractivity contribution in [1.82, 2.24) is 10.2 Å². The van der Waals surface area contributed by atoms with E-state index in [2.05, 4.69) is 16.3 Å². The molecule has 0 saturated carbocycles. The average molecular weight is 448 g/mol. The molecule has 33 heavy (non-hydrogen) atoms. The van der Waals surface area contributed by atoms with E-state index in [9.17, 15) is 5.26 Å². The van der Waals surface area contributed by atoms with Gasteiger partial charge >= 0.3 is 0 Å². The fourth-order valence-corrected chi connectivity index (χ4v) is 3.93. The summed E-state index contributed by atoms with van der Waals surface area (Å²) in [5, 5.41) is 17.3. The largest absolute Gasteiger partial charge is 0.497 e. The lowest BCUT2D eigenvalue weighted by molar-refractivity contribution is 0.311. The highest BCUT2D eigenvalue weighted by atomic mass is 16.5. The predicted octanol–water partition coefficient (Wildman–Crippen LogP) is 3.72. The maximum absolute atomic E-state index is 9.96. The quantitative estimate of drug-likeness (QED) is 0.560. The molecule has 0 bridgehead atoms. The third-order valence-corrected chi connectivity index (χ3v) is 5.44. The second kappa shape index (κ2) is 9.04. The zero-order valence-corrected chi connectivity index (χ0v) is 18.8. The van der Waals surface area contributed by atoms with Gasteiger partial charge in [-0.1, -0.05) is 6.07 Å². The number of H-pyrrole nitrogens is 1. The van der Waals surface area contributed by atoms with Crippen molar-refractivity contribution in [1.29, 1.82) is 5.26 Å². The first-order chi connectivity index (χ1) is 16.1. The molecule has 4 rings (SSSR count). The summed E-state index contributed by atoms with van der Waals surface area (Å²) in [6.45, 7) is 2.42. The van der Waals surface area contributed by atoms with E-state index in [1.807, 2.05) is 31.2 Å². The zero-order valence-electron chi connectivity index (χ0n) is 18.8. The molecule has 1 aromatic heterocycles. The maximum atomic E-state index is 9.96. The van der Waals surface area contributed by atoms with Gasteiger partial charge in [0.2, 0.25) is 11.8 Å². The number of nitrogens with zero attached hydrogens (tertiary/aromatic N) is 2. The van der Waals surface area contributed by atoms with Gasteiger partial charge in [0.25, 0.3) is 0 Å². The van der Waals surface area contributed by atoms with E-state index in [1.54, 1.807) is 33.5 Å². The van der Waals surface area contributed by atoms with Gasteiger partial charge in [-0.2, -0.15) is 5.26 Å². The van der Waals surface area contributed by atoms with E-state index >= 15 is 0 Å². The van der Waals surface area contributed by atoms with Gasteiger partial charge < -0.3 is 29.4 Å². The Bertz CT molecular complexity index is 1260. The summed E-state index contributed by atoms with van der Waals surface area (Å²) in [5.41, 5.74) is 9.19. The molecule has 3 N–H and O–H groups in total. The van der Waals surface area contributed by atoms with Crippen LogP contribution in [0.25, 0.3) is 11.3 Å².